The second kappa shape index (κ2) is 6.89. The summed E-state index contributed by atoms with van der Waals surface area (Å²) in [5.41, 5.74) is 6.98. The lowest BCUT2D eigenvalue weighted by Crippen LogP contribution is -2.30. The molecule has 0 atom stereocenters. The first kappa shape index (κ1) is 16.7. The van der Waals surface area contributed by atoms with E-state index in [4.69, 9.17) is 5.73 Å². The molecule has 0 saturated carbocycles. The van der Waals surface area contributed by atoms with Crippen molar-refractivity contribution in [3.05, 3.63) is 29.3 Å². The van der Waals surface area contributed by atoms with Crippen molar-refractivity contribution in [3.8, 4) is 11.8 Å². The van der Waals surface area contributed by atoms with E-state index >= 15 is 0 Å². The standard InChI is InChI=1S/C15H22N2O2S/c1-12(2)11-17(4)20(18,19)15-8-7-14(6-5-9-16)13(3)10-15/h7-8,10,12H,9,11,16H2,1-4H3. The molecule has 2 N–H and O–H groups in total. The van der Waals surface area contributed by atoms with Crippen molar-refractivity contribution in [2.24, 2.45) is 11.7 Å². The number of hydrogen-bond donors (Lipinski definition) is 1. The fourth-order valence-corrected chi connectivity index (χ4v) is 3.30. The highest BCUT2D eigenvalue weighted by Gasteiger charge is 2.21. The predicted octanol–water partition coefficient (Wildman–Crippen LogP) is 1.58. The first-order valence-electron chi connectivity index (χ1n) is 6.55. The summed E-state index contributed by atoms with van der Waals surface area (Å²) in [6.07, 6.45) is 0. The Balaban J connectivity index is 3.12. The largest absolute Gasteiger partial charge is 0.320 e. The fraction of sp³-hybridized carbons (Fsp3) is 0.467. The first-order chi connectivity index (χ1) is 9.28. The minimum absolute atomic E-state index is 0.283. The maximum absolute atomic E-state index is 12.4. The van der Waals surface area contributed by atoms with Gasteiger partial charge in [-0.25, -0.2) is 12.7 Å². The lowest BCUT2D eigenvalue weighted by molar-refractivity contribution is 0.417. The van der Waals surface area contributed by atoms with Gasteiger partial charge >= 0.3 is 0 Å². The third kappa shape index (κ3) is 4.07. The monoisotopic (exact) mass is 294 g/mol. The molecule has 0 aromatic heterocycles. The maximum Gasteiger partial charge on any atom is 0.242 e. The Morgan fingerprint density at radius 3 is 2.50 bits per heavy atom. The smallest absolute Gasteiger partial charge is 0.242 e. The highest BCUT2D eigenvalue weighted by atomic mass is 32.2. The molecule has 0 amide bonds. The minimum Gasteiger partial charge on any atom is -0.320 e. The van der Waals surface area contributed by atoms with Gasteiger partial charge in [-0.3, -0.25) is 0 Å². The van der Waals surface area contributed by atoms with Crippen LogP contribution in [0.1, 0.15) is 25.0 Å². The fourth-order valence-electron chi connectivity index (χ4n) is 1.88. The van der Waals surface area contributed by atoms with Crippen LogP contribution in [-0.4, -0.2) is 32.9 Å². The molecule has 1 rings (SSSR count). The minimum atomic E-state index is -3.43. The van der Waals surface area contributed by atoms with Crippen LogP contribution in [-0.2, 0) is 10.0 Å². The number of sulfonamides is 1. The Morgan fingerprint density at radius 1 is 1.35 bits per heavy atom. The average Bonchev–Trinajstić information content (AvgIpc) is 2.36. The number of rotatable bonds is 4. The molecule has 0 bridgehead atoms. The van der Waals surface area contributed by atoms with Crippen molar-refractivity contribution < 1.29 is 8.42 Å². The lowest BCUT2D eigenvalue weighted by atomic mass is 10.1. The van der Waals surface area contributed by atoms with E-state index in [2.05, 4.69) is 11.8 Å². The Labute approximate surface area is 122 Å². The molecule has 0 aliphatic heterocycles. The summed E-state index contributed by atoms with van der Waals surface area (Å²) in [5.74, 6) is 5.98. The molecule has 4 nitrogen and oxygen atoms in total. The number of nitrogens with zero attached hydrogens (tertiary/aromatic N) is 1. The molecular weight excluding hydrogens is 272 g/mol. The van der Waals surface area contributed by atoms with Gasteiger partial charge in [-0.2, -0.15) is 0 Å². The summed E-state index contributed by atoms with van der Waals surface area (Å²) in [6, 6.07) is 4.99. The van der Waals surface area contributed by atoms with Crippen LogP contribution in [0.2, 0.25) is 0 Å². The van der Waals surface area contributed by atoms with Gasteiger partial charge in [-0.1, -0.05) is 25.7 Å². The highest BCUT2D eigenvalue weighted by Crippen LogP contribution is 2.19. The van der Waals surface area contributed by atoms with E-state index in [9.17, 15) is 8.42 Å². The topological polar surface area (TPSA) is 63.4 Å². The van der Waals surface area contributed by atoms with E-state index in [1.54, 1.807) is 25.2 Å². The summed E-state index contributed by atoms with van der Waals surface area (Å²) in [6.45, 7) is 6.61. The Hall–Kier alpha value is -1.35. The van der Waals surface area contributed by atoms with Crippen LogP contribution >= 0.6 is 0 Å². The average molecular weight is 294 g/mol. The normalized spacial score (nSPS) is 11.6. The van der Waals surface area contributed by atoms with Gasteiger partial charge in [0.25, 0.3) is 0 Å². The molecule has 110 valence electrons. The van der Waals surface area contributed by atoms with Gasteiger partial charge in [0.1, 0.15) is 0 Å². The van der Waals surface area contributed by atoms with Crippen molar-refractivity contribution in [3.63, 3.8) is 0 Å². The van der Waals surface area contributed by atoms with E-state index in [1.807, 2.05) is 20.8 Å². The van der Waals surface area contributed by atoms with Gasteiger partial charge in [0.15, 0.2) is 0 Å². The number of hydrogen-bond acceptors (Lipinski definition) is 3. The molecule has 0 fully saturated rings. The molecular formula is C15H22N2O2S. The molecule has 0 radical (unpaired) electrons. The molecule has 1 aromatic rings. The van der Waals surface area contributed by atoms with Crippen LogP contribution in [0.4, 0.5) is 0 Å². The second-order valence-electron chi connectivity index (χ2n) is 5.16. The Morgan fingerprint density at radius 2 is 2.00 bits per heavy atom. The molecule has 0 aliphatic carbocycles. The molecule has 1 aromatic carbocycles. The van der Waals surface area contributed by atoms with Gasteiger partial charge in [0.2, 0.25) is 10.0 Å². The number of nitrogens with two attached hydrogens (primary N) is 1. The highest BCUT2D eigenvalue weighted by molar-refractivity contribution is 7.89. The van der Waals surface area contributed by atoms with Gasteiger partial charge in [-0.05, 0) is 36.6 Å². The molecule has 0 aliphatic rings. The molecule has 0 unspecified atom stereocenters. The van der Waals surface area contributed by atoms with E-state index in [0.717, 1.165) is 11.1 Å². The van der Waals surface area contributed by atoms with Crippen molar-refractivity contribution in [2.45, 2.75) is 25.7 Å². The SMILES string of the molecule is Cc1cc(S(=O)(=O)N(C)CC(C)C)ccc1C#CCN. The van der Waals surface area contributed by atoms with Crippen molar-refractivity contribution in [1.82, 2.24) is 4.31 Å². The van der Waals surface area contributed by atoms with Crippen LogP contribution in [0.15, 0.2) is 23.1 Å². The summed E-state index contributed by atoms with van der Waals surface area (Å²) in [5, 5.41) is 0. The van der Waals surface area contributed by atoms with Crippen molar-refractivity contribution in [1.29, 1.82) is 0 Å². The zero-order valence-corrected chi connectivity index (χ0v) is 13.3. The van der Waals surface area contributed by atoms with Crippen LogP contribution < -0.4 is 5.73 Å². The van der Waals surface area contributed by atoms with Gasteiger partial charge < -0.3 is 5.73 Å². The van der Waals surface area contributed by atoms with Crippen LogP contribution in [0.5, 0.6) is 0 Å². The van der Waals surface area contributed by atoms with Gasteiger partial charge in [0, 0.05) is 19.2 Å². The summed E-state index contributed by atoms with van der Waals surface area (Å²) in [4.78, 5) is 0.302. The third-order valence-corrected chi connectivity index (χ3v) is 4.67. The maximum atomic E-state index is 12.4. The summed E-state index contributed by atoms with van der Waals surface area (Å²) >= 11 is 0. The van der Waals surface area contributed by atoms with Crippen molar-refractivity contribution in [2.75, 3.05) is 20.1 Å². The van der Waals surface area contributed by atoms with Gasteiger partial charge in [0.05, 0.1) is 11.4 Å². The lowest BCUT2D eigenvalue weighted by Gasteiger charge is -2.19. The van der Waals surface area contributed by atoms with E-state index in [-0.39, 0.29) is 12.5 Å². The Bertz CT molecular complexity index is 625. The van der Waals surface area contributed by atoms with Crippen LogP contribution in [0.3, 0.4) is 0 Å². The molecule has 0 spiro atoms. The predicted molar refractivity (Wildman–Crippen MR) is 81.8 cm³/mol. The van der Waals surface area contributed by atoms with Gasteiger partial charge in [-0.15, -0.1) is 0 Å². The number of benzene rings is 1. The van der Waals surface area contributed by atoms with Crippen molar-refractivity contribution >= 4 is 10.0 Å². The quantitative estimate of drug-likeness (QED) is 0.858. The Kier molecular flexibility index (Phi) is 5.75. The third-order valence-electron chi connectivity index (χ3n) is 2.85. The molecule has 20 heavy (non-hydrogen) atoms. The van der Waals surface area contributed by atoms with E-state index in [1.165, 1.54) is 4.31 Å². The first-order valence-corrected chi connectivity index (χ1v) is 7.99. The van der Waals surface area contributed by atoms with Crippen LogP contribution in [0.25, 0.3) is 0 Å². The molecule has 0 saturated heterocycles. The van der Waals surface area contributed by atoms with E-state index in [0.29, 0.717) is 11.4 Å². The van der Waals surface area contributed by atoms with Crippen LogP contribution in [0, 0.1) is 24.7 Å². The molecule has 0 heterocycles. The summed E-state index contributed by atoms with van der Waals surface area (Å²) in [7, 11) is -1.83. The zero-order chi connectivity index (χ0) is 15.3. The molecule has 5 heteroatoms. The zero-order valence-electron chi connectivity index (χ0n) is 12.5. The summed E-state index contributed by atoms with van der Waals surface area (Å²) < 4.78 is 26.2. The second-order valence-corrected chi connectivity index (χ2v) is 7.21. The number of aryl methyl sites for hydroxylation is 1. The van der Waals surface area contributed by atoms with E-state index < -0.39 is 10.0 Å².